The van der Waals surface area contributed by atoms with E-state index in [1.54, 1.807) is 12.1 Å². The summed E-state index contributed by atoms with van der Waals surface area (Å²) in [7, 11) is 0. The molecule has 0 bridgehead atoms. The molecular weight excluding hydrogens is 264 g/mol. The fourth-order valence-corrected chi connectivity index (χ4v) is 1.81. The smallest absolute Gasteiger partial charge is 0.186 e. The number of rotatable bonds is 5. The van der Waals surface area contributed by atoms with Crippen molar-refractivity contribution in [3.63, 3.8) is 0 Å². The largest absolute Gasteiger partial charge is 0.489 e. The summed E-state index contributed by atoms with van der Waals surface area (Å²) < 4.78 is 10.7. The van der Waals surface area contributed by atoms with E-state index in [1.807, 2.05) is 37.3 Å². The molecule has 0 heterocycles. The van der Waals surface area contributed by atoms with Gasteiger partial charge in [-0.15, -0.1) is 0 Å². The van der Waals surface area contributed by atoms with Crippen LogP contribution in [0.2, 0.25) is 5.02 Å². The first-order valence-corrected chi connectivity index (χ1v) is 6.28. The Hall–Kier alpha value is -1.71. The highest BCUT2D eigenvalue weighted by Crippen LogP contribution is 2.20. The minimum atomic E-state index is -0.319. The summed E-state index contributed by atoms with van der Waals surface area (Å²) in [6, 6.07) is 12.9. The minimum Gasteiger partial charge on any atom is -0.489 e. The summed E-state index contributed by atoms with van der Waals surface area (Å²) in [6.07, 6.45) is 0. The van der Waals surface area contributed by atoms with Crippen LogP contribution in [0.15, 0.2) is 42.5 Å². The van der Waals surface area contributed by atoms with E-state index >= 15 is 0 Å². The van der Waals surface area contributed by atoms with Crippen LogP contribution < -0.4 is 9.47 Å². The van der Waals surface area contributed by atoms with Crippen LogP contribution in [0.3, 0.4) is 0 Å². The topological polar surface area (TPSA) is 38.7 Å². The number of ether oxygens (including phenoxy) is 2. The first-order chi connectivity index (χ1) is 9.19. The summed E-state index contributed by atoms with van der Waals surface area (Å²) in [4.78, 5) is 0. The number of aliphatic hydroxyl groups is 1. The average Bonchev–Trinajstić information content (AvgIpc) is 2.40. The first kappa shape index (κ1) is 13.7. The molecule has 0 aliphatic carbocycles. The molecule has 0 amide bonds. The third kappa shape index (κ3) is 3.88. The van der Waals surface area contributed by atoms with Gasteiger partial charge in [-0.25, -0.2) is 0 Å². The molecule has 0 aliphatic rings. The van der Waals surface area contributed by atoms with Crippen molar-refractivity contribution in [1.29, 1.82) is 0 Å². The van der Waals surface area contributed by atoms with Crippen molar-refractivity contribution in [2.45, 2.75) is 13.5 Å². The maximum atomic E-state index is 8.70. The van der Waals surface area contributed by atoms with E-state index in [-0.39, 0.29) is 6.79 Å². The number of benzene rings is 2. The van der Waals surface area contributed by atoms with Crippen LogP contribution in [0, 0.1) is 6.92 Å². The van der Waals surface area contributed by atoms with E-state index in [1.165, 1.54) is 0 Å². The van der Waals surface area contributed by atoms with Crippen molar-refractivity contribution in [3.8, 4) is 11.5 Å². The predicted octanol–water partition coefficient (Wildman–Crippen LogP) is 3.56. The Labute approximate surface area is 117 Å². The van der Waals surface area contributed by atoms with Gasteiger partial charge in [0, 0.05) is 5.02 Å². The maximum Gasteiger partial charge on any atom is 0.186 e. The molecule has 2 rings (SSSR count). The van der Waals surface area contributed by atoms with Crippen LogP contribution in [-0.4, -0.2) is 11.9 Å². The molecule has 0 aliphatic heterocycles. The molecule has 0 unspecified atom stereocenters. The van der Waals surface area contributed by atoms with Gasteiger partial charge in [0.2, 0.25) is 0 Å². The van der Waals surface area contributed by atoms with Gasteiger partial charge in [-0.05, 0) is 54.4 Å². The number of halogens is 1. The number of aryl methyl sites for hydroxylation is 1. The molecule has 0 fully saturated rings. The fourth-order valence-electron chi connectivity index (χ4n) is 1.69. The molecule has 0 saturated heterocycles. The molecule has 0 spiro atoms. The van der Waals surface area contributed by atoms with Crippen LogP contribution in [0.1, 0.15) is 11.1 Å². The Balaban J connectivity index is 2.01. The lowest BCUT2D eigenvalue weighted by Gasteiger charge is -2.10. The van der Waals surface area contributed by atoms with Gasteiger partial charge in [-0.2, -0.15) is 0 Å². The quantitative estimate of drug-likeness (QED) is 0.850. The normalized spacial score (nSPS) is 10.3. The molecule has 100 valence electrons. The van der Waals surface area contributed by atoms with E-state index in [4.69, 9.17) is 26.2 Å². The Morgan fingerprint density at radius 2 is 1.68 bits per heavy atom. The number of hydrogen-bond acceptors (Lipinski definition) is 3. The van der Waals surface area contributed by atoms with Crippen molar-refractivity contribution in [2.75, 3.05) is 6.79 Å². The standard InChI is InChI=1S/C15H15ClO3/c1-11-8-15(19-10-17)5-2-12(11)9-18-14-6-3-13(16)4-7-14/h2-8,17H,9-10H2,1H3. The minimum absolute atomic E-state index is 0.319. The van der Waals surface area contributed by atoms with Gasteiger partial charge in [0.05, 0.1) is 0 Å². The van der Waals surface area contributed by atoms with Crippen molar-refractivity contribution >= 4 is 11.6 Å². The van der Waals surface area contributed by atoms with Gasteiger partial charge in [0.1, 0.15) is 18.1 Å². The van der Waals surface area contributed by atoms with Gasteiger partial charge >= 0.3 is 0 Å². The molecule has 2 aromatic rings. The van der Waals surface area contributed by atoms with E-state index < -0.39 is 0 Å². The van der Waals surface area contributed by atoms with E-state index in [0.717, 1.165) is 16.9 Å². The highest BCUT2D eigenvalue weighted by atomic mass is 35.5. The van der Waals surface area contributed by atoms with Crippen molar-refractivity contribution in [1.82, 2.24) is 0 Å². The highest BCUT2D eigenvalue weighted by Gasteiger charge is 2.02. The second kappa shape index (κ2) is 6.45. The van der Waals surface area contributed by atoms with Crippen LogP contribution in [-0.2, 0) is 6.61 Å². The Kier molecular flexibility index (Phi) is 4.66. The van der Waals surface area contributed by atoms with Crippen molar-refractivity contribution < 1.29 is 14.6 Å². The third-order valence-corrected chi connectivity index (χ3v) is 3.01. The molecule has 19 heavy (non-hydrogen) atoms. The van der Waals surface area contributed by atoms with Crippen molar-refractivity contribution in [3.05, 3.63) is 58.6 Å². The van der Waals surface area contributed by atoms with Crippen LogP contribution in [0.25, 0.3) is 0 Å². The van der Waals surface area contributed by atoms with Gasteiger partial charge in [-0.3, -0.25) is 0 Å². The molecule has 3 nitrogen and oxygen atoms in total. The first-order valence-electron chi connectivity index (χ1n) is 5.90. The molecule has 4 heteroatoms. The number of hydrogen-bond donors (Lipinski definition) is 1. The van der Waals surface area contributed by atoms with Gasteiger partial charge in [0.25, 0.3) is 0 Å². The fraction of sp³-hybridized carbons (Fsp3) is 0.200. The zero-order valence-electron chi connectivity index (χ0n) is 10.6. The molecule has 0 saturated carbocycles. The molecule has 0 aromatic heterocycles. The Morgan fingerprint density at radius 3 is 2.32 bits per heavy atom. The van der Waals surface area contributed by atoms with Crippen LogP contribution in [0.4, 0.5) is 0 Å². The average molecular weight is 279 g/mol. The second-order valence-corrected chi connectivity index (χ2v) is 4.54. The molecular formula is C15H15ClO3. The monoisotopic (exact) mass is 278 g/mol. The molecule has 0 radical (unpaired) electrons. The Bertz CT molecular complexity index is 538. The zero-order chi connectivity index (χ0) is 13.7. The van der Waals surface area contributed by atoms with E-state index in [0.29, 0.717) is 17.4 Å². The molecule has 2 aromatic carbocycles. The maximum absolute atomic E-state index is 8.70. The lowest BCUT2D eigenvalue weighted by atomic mass is 10.1. The zero-order valence-corrected chi connectivity index (χ0v) is 11.4. The van der Waals surface area contributed by atoms with Gasteiger partial charge < -0.3 is 14.6 Å². The van der Waals surface area contributed by atoms with E-state index in [2.05, 4.69) is 0 Å². The van der Waals surface area contributed by atoms with Gasteiger partial charge in [0.15, 0.2) is 6.79 Å². The lowest BCUT2D eigenvalue weighted by Crippen LogP contribution is -2.00. The summed E-state index contributed by atoms with van der Waals surface area (Å²) in [5.74, 6) is 1.43. The molecule has 1 N–H and O–H groups in total. The summed E-state index contributed by atoms with van der Waals surface area (Å²) in [6.45, 7) is 2.14. The summed E-state index contributed by atoms with van der Waals surface area (Å²) in [5.41, 5.74) is 2.13. The lowest BCUT2D eigenvalue weighted by molar-refractivity contribution is 0.0984. The summed E-state index contributed by atoms with van der Waals surface area (Å²) >= 11 is 5.81. The second-order valence-electron chi connectivity index (χ2n) is 4.10. The van der Waals surface area contributed by atoms with Crippen LogP contribution >= 0.6 is 11.6 Å². The SMILES string of the molecule is Cc1cc(OCO)ccc1COc1ccc(Cl)cc1. The van der Waals surface area contributed by atoms with Crippen molar-refractivity contribution in [2.24, 2.45) is 0 Å². The van der Waals surface area contributed by atoms with Crippen LogP contribution in [0.5, 0.6) is 11.5 Å². The van der Waals surface area contributed by atoms with Gasteiger partial charge in [-0.1, -0.05) is 17.7 Å². The molecule has 0 atom stereocenters. The predicted molar refractivity (Wildman–Crippen MR) is 74.7 cm³/mol. The Morgan fingerprint density at radius 1 is 1.00 bits per heavy atom. The summed E-state index contributed by atoms with van der Waals surface area (Å²) in [5, 5.41) is 9.39. The van der Waals surface area contributed by atoms with E-state index in [9.17, 15) is 0 Å². The third-order valence-electron chi connectivity index (χ3n) is 2.75. The highest BCUT2D eigenvalue weighted by molar-refractivity contribution is 6.30. The number of aliphatic hydroxyl groups excluding tert-OH is 1.